The highest BCUT2D eigenvalue weighted by Gasteiger charge is 2.31. The summed E-state index contributed by atoms with van der Waals surface area (Å²) in [6.45, 7) is 5.19. The van der Waals surface area contributed by atoms with Crippen LogP contribution >= 0.6 is 11.3 Å². The maximum atomic E-state index is 11.2. The number of aromatic carboxylic acids is 1. The number of nitrogens with two attached hydrogens (primary N) is 1. The molecule has 3 heterocycles. The van der Waals surface area contributed by atoms with E-state index < -0.39 is 5.97 Å². The molecular weight excluding hydrogens is 274 g/mol. The third kappa shape index (κ3) is 1.87. The van der Waals surface area contributed by atoms with Crippen LogP contribution < -0.4 is 5.73 Å². The van der Waals surface area contributed by atoms with Crippen LogP contribution in [0.25, 0.3) is 10.2 Å². The molecule has 3 N–H and O–H groups in total. The number of rotatable bonds is 1. The Morgan fingerprint density at radius 2 is 2.25 bits per heavy atom. The standard InChI is InChI=1S/C14H17N3O2S/c1-14(2)5-8-7(6-17(14)3)4-9-11(16-8)10(15)12(20-9)13(18)19/h4H,5-6,15H2,1-3H3,(H,18,19). The molecule has 1 aliphatic heterocycles. The average Bonchev–Trinajstić information content (AvgIpc) is 2.65. The zero-order chi connectivity index (χ0) is 14.7. The summed E-state index contributed by atoms with van der Waals surface area (Å²) in [6.07, 6.45) is 0.840. The lowest BCUT2D eigenvalue weighted by molar-refractivity contribution is 0.0703. The number of fused-ring (bicyclic) bond motifs is 2. The fraction of sp³-hybridized carbons (Fsp3) is 0.429. The first kappa shape index (κ1) is 13.3. The molecule has 0 aliphatic carbocycles. The van der Waals surface area contributed by atoms with Crippen LogP contribution in [0, 0.1) is 0 Å². The smallest absolute Gasteiger partial charge is 0.348 e. The molecule has 0 atom stereocenters. The van der Waals surface area contributed by atoms with Crippen LogP contribution in [0.5, 0.6) is 0 Å². The lowest BCUT2D eigenvalue weighted by Gasteiger charge is -2.40. The minimum atomic E-state index is -0.985. The number of likely N-dealkylation sites (N-methyl/N-ethyl adjacent to an activating group) is 1. The normalized spacial score (nSPS) is 18.1. The van der Waals surface area contributed by atoms with Crippen molar-refractivity contribution in [2.24, 2.45) is 0 Å². The number of nitrogen functional groups attached to an aromatic ring is 1. The second-order valence-corrected chi connectivity index (χ2v) is 6.99. The molecule has 5 nitrogen and oxygen atoms in total. The predicted molar refractivity (Wildman–Crippen MR) is 80.2 cm³/mol. The molecule has 3 rings (SSSR count). The van der Waals surface area contributed by atoms with Gasteiger partial charge in [0.25, 0.3) is 0 Å². The number of anilines is 1. The molecule has 106 valence electrons. The van der Waals surface area contributed by atoms with Crippen LogP contribution in [0.4, 0.5) is 5.69 Å². The maximum Gasteiger partial charge on any atom is 0.348 e. The number of carbonyl (C=O) groups is 1. The Labute approximate surface area is 121 Å². The summed E-state index contributed by atoms with van der Waals surface area (Å²) in [6, 6.07) is 2.04. The van der Waals surface area contributed by atoms with E-state index in [-0.39, 0.29) is 16.1 Å². The van der Waals surface area contributed by atoms with Crippen molar-refractivity contribution in [3.8, 4) is 0 Å². The Morgan fingerprint density at radius 1 is 1.55 bits per heavy atom. The first-order chi connectivity index (χ1) is 9.29. The van der Waals surface area contributed by atoms with Gasteiger partial charge in [0.1, 0.15) is 10.4 Å². The number of hydrogen-bond donors (Lipinski definition) is 2. The van der Waals surface area contributed by atoms with E-state index in [2.05, 4.69) is 30.8 Å². The molecular formula is C14H17N3O2S. The minimum absolute atomic E-state index is 0.0497. The maximum absolute atomic E-state index is 11.2. The third-order valence-corrected chi connectivity index (χ3v) is 5.23. The van der Waals surface area contributed by atoms with Gasteiger partial charge in [-0.3, -0.25) is 4.90 Å². The number of nitrogens with zero attached hydrogens (tertiary/aromatic N) is 2. The van der Waals surface area contributed by atoms with Gasteiger partial charge in [-0.05, 0) is 32.5 Å². The largest absolute Gasteiger partial charge is 0.477 e. The zero-order valence-corrected chi connectivity index (χ0v) is 12.5. The lowest BCUT2D eigenvalue weighted by atomic mass is 9.89. The van der Waals surface area contributed by atoms with Crippen molar-refractivity contribution >= 4 is 33.2 Å². The van der Waals surface area contributed by atoms with Crippen molar-refractivity contribution < 1.29 is 9.90 Å². The van der Waals surface area contributed by atoms with Gasteiger partial charge < -0.3 is 10.8 Å². The number of carboxylic acids is 1. The van der Waals surface area contributed by atoms with Gasteiger partial charge in [0.2, 0.25) is 0 Å². The van der Waals surface area contributed by atoms with Crippen LogP contribution in [0.3, 0.4) is 0 Å². The Morgan fingerprint density at radius 3 is 2.90 bits per heavy atom. The molecule has 0 bridgehead atoms. The zero-order valence-electron chi connectivity index (χ0n) is 11.7. The van der Waals surface area contributed by atoms with Gasteiger partial charge in [-0.2, -0.15) is 0 Å². The molecule has 2 aromatic rings. The van der Waals surface area contributed by atoms with Crippen molar-refractivity contribution in [1.82, 2.24) is 9.88 Å². The van der Waals surface area contributed by atoms with Crippen LogP contribution in [0.2, 0.25) is 0 Å². The van der Waals surface area contributed by atoms with Crippen LogP contribution in [0.15, 0.2) is 6.07 Å². The van der Waals surface area contributed by atoms with Gasteiger partial charge in [0.05, 0.1) is 10.4 Å². The number of thiophene rings is 1. The van der Waals surface area contributed by atoms with Crippen molar-refractivity contribution in [2.75, 3.05) is 12.8 Å². The second kappa shape index (κ2) is 4.17. The summed E-state index contributed by atoms with van der Waals surface area (Å²) in [5.41, 5.74) is 9.09. The van der Waals surface area contributed by atoms with Gasteiger partial charge in [0.15, 0.2) is 0 Å². The van der Waals surface area contributed by atoms with E-state index in [4.69, 9.17) is 10.8 Å². The quantitative estimate of drug-likeness (QED) is 0.843. The van der Waals surface area contributed by atoms with E-state index >= 15 is 0 Å². The molecule has 0 aromatic carbocycles. The first-order valence-electron chi connectivity index (χ1n) is 6.45. The van der Waals surface area contributed by atoms with Gasteiger partial charge in [-0.15, -0.1) is 11.3 Å². The Hall–Kier alpha value is -1.66. The molecule has 0 fully saturated rings. The molecule has 0 amide bonds. The van der Waals surface area contributed by atoms with Gasteiger partial charge in [-0.1, -0.05) is 0 Å². The highest BCUT2D eigenvalue weighted by molar-refractivity contribution is 7.21. The highest BCUT2D eigenvalue weighted by atomic mass is 32.1. The average molecular weight is 291 g/mol. The lowest BCUT2D eigenvalue weighted by Crippen LogP contribution is -2.46. The molecule has 2 aromatic heterocycles. The second-order valence-electron chi connectivity index (χ2n) is 5.94. The minimum Gasteiger partial charge on any atom is -0.477 e. The Balaban J connectivity index is 2.20. The SMILES string of the molecule is CN1Cc2cc3sc(C(=O)O)c(N)c3nc2CC1(C)C. The summed E-state index contributed by atoms with van der Waals surface area (Å²) in [5, 5.41) is 9.15. The van der Waals surface area contributed by atoms with Crippen molar-refractivity contribution in [2.45, 2.75) is 32.4 Å². The van der Waals surface area contributed by atoms with Crippen LogP contribution in [0.1, 0.15) is 34.8 Å². The molecule has 0 saturated carbocycles. The summed E-state index contributed by atoms with van der Waals surface area (Å²) < 4.78 is 0.853. The van der Waals surface area contributed by atoms with E-state index in [0.29, 0.717) is 5.52 Å². The molecule has 6 heteroatoms. The topological polar surface area (TPSA) is 79.5 Å². The molecule has 0 spiro atoms. The summed E-state index contributed by atoms with van der Waals surface area (Å²) in [4.78, 5) is 18.3. The Kier molecular flexibility index (Phi) is 2.78. The summed E-state index contributed by atoms with van der Waals surface area (Å²) in [5.74, 6) is -0.985. The number of pyridine rings is 1. The molecule has 1 aliphatic rings. The summed E-state index contributed by atoms with van der Waals surface area (Å²) in [7, 11) is 2.10. The number of carboxylic acid groups (broad SMARTS) is 1. The van der Waals surface area contributed by atoms with E-state index in [1.165, 1.54) is 11.3 Å². The van der Waals surface area contributed by atoms with Crippen LogP contribution in [-0.4, -0.2) is 33.5 Å². The van der Waals surface area contributed by atoms with Gasteiger partial charge >= 0.3 is 5.97 Å². The molecule has 0 radical (unpaired) electrons. The van der Waals surface area contributed by atoms with Crippen molar-refractivity contribution in [3.05, 3.63) is 22.2 Å². The highest BCUT2D eigenvalue weighted by Crippen LogP contribution is 2.36. The van der Waals surface area contributed by atoms with Gasteiger partial charge in [0, 0.05) is 24.2 Å². The van der Waals surface area contributed by atoms with E-state index in [0.717, 1.165) is 28.9 Å². The van der Waals surface area contributed by atoms with E-state index in [1.54, 1.807) is 0 Å². The van der Waals surface area contributed by atoms with E-state index in [1.807, 2.05) is 6.07 Å². The summed E-state index contributed by atoms with van der Waals surface area (Å²) >= 11 is 1.20. The predicted octanol–water partition coefficient (Wildman–Crippen LogP) is 2.34. The number of hydrogen-bond acceptors (Lipinski definition) is 5. The van der Waals surface area contributed by atoms with Crippen molar-refractivity contribution in [1.29, 1.82) is 0 Å². The van der Waals surface area contributed by atoms with Crippen molar-refractivity contribution in [3.63, 3.8) is 0 Å². The monoisotopic (exact) mass is 291 g/mol. The number of aromatic nitrogens is 1. The Bertz CT molecular complexity index is 721. The van der Waals surface area contributed by atoms with Crippen LogP contribution in [-0.2, 0) is 13.0 Å². The molecule has 0 unspecified atom stereocenters. The molecule has 20 heavy (non-hydrogen) atoms. The fourth-order valence-electron chi connectivity index (χ4n) is 2.58. The third-order valence-electron chi connectivity index (χ3n) is 4.10. The first-order valence-corrected chi connectivity index (χ1v) is 7.26. The van der Waals surface area contributed by atoms with E-state index in [9.17, 15) is 4.79 Å². The van der Waals surface area contributed by atoms with Gasteiger partial charge in [-0.25, -0.2) is 9.78 Å². The molecule has 0 saturated heterocycles. The fourth-order valence-corrected chi connectivity index (χ4v) is 3.55.